The number of aromatic nitrogens is 2. The summed E-state index contributed by atoms with van der Waals surface area (Å²) in [6, 6.07) is 19.3. The maximum absolute atomic E-state index is 12.7. The predicted molar refractivity (Wildman–Crippen MR) is 103 cm³/mol. The van der Waals surface area contributed by atoms with Crippen LogP contribution in [-0.4, -0.2) is 18.4 Å². The average Bonchev–Trinajstić information content (AvgIpc) is 2.68. The molecule has 0 spiro atoms. The van der Waals surface area contributed by atoms with E-state index in [0.29, 0.717) is 17.3 Å². The summed E-state index contributed by atoms with van der Waals surface area (Å²) in [6.07, 6.45) is 4.54. The summed E-state index contributed by atoms with van der Waals surface area (Å²) >= 11 is 0. The van der Waals surface area contributed by atoms with Crippen LogP contribution >= 0.6 is 0 Å². The molecule has 0 saturated heterocycles. The molecule has 0 radical (unpaired) electrons. The van der Waals surface area contributed by atoms with Crippen LogP contribution in [0.1, 0.15) is 0 Å². The van der Waals surface area contributed by atoms with E-state index in [4.69, 9.17) is 4.74 Å². The third kappa shape index (κ3) is 3.88. The van der Waals surface area contributed by atoms with E-state index in [-0.39, 0.29) is 4.90 Å². The summed E-state index contributed by atoms with van der Waals surface area (Å²) in [4.78, 5) is 8.16. The van der Waals surface area contributed by atoms with Crippen molar-refractivity contribution in [3.63, 3.8) is 0 Å². The second kappa shape index (κ2) is 7.05. The summed E-state index contributed by atoms with van der Waals surface area (Å²) < 4.78 is 33.7. The van der Waals surface area contributed by atoms with Crippen molar-refractivity contribution in [3.8, 4) is 11.6 Å². The van der Waals surface area contributed by atoms with E-state index in [9.17, 15) is 8.42 Å². The molecule has 0 aliphatic carbocycles. The van der Waals surface area contributed by atoms with Crippen molar-refractivity contribution >= 4 is 26.5 Å². The fourth-order valence-electron chi connectivity index (χ4n) is 2.63. The number of fused-ring (bicyclic) bond motifs is 1. The number of ether oxygens (including phenoxy) is 1. The monoisotopic (exact) mass is 377 g/mol. The fourth-order valence-corrected chi connectivity index (χ4v) is 3.72. The third-order valence-corrected chi connectivity index (χ3v) is 5.26. The molecule has 1 heterocycles. The van der Waals surface area contributed by atoms with Crippen LogP contribution < -0.4 is 9.46 Å². The van der Waals surface area contributed by atoms with Gasteiger partial charge in [0.1, 0.15) is 5.75 Å². The van der Waals surface area contributed by atoms with Crippen LogP contribution in [0.25, 0.3) is 10.8 Å². The van der Waals surface area contributed by atoms with Crippen LogP contribution in [-0.2, 0) is 10.0 Å². The summed E-state index contributed by atoms with van der Waals surface area (Å²) in [5.74, 6) is 0.779. The van der Waals surface area contributed by atoms with Gasteiger partial charge in [0.2, 0.25) is 5.88 Å². The molecule has 27 heavy (non-hydrogen) atoms. The molecule has 0 aliphatic heterocycles. The minimum absolute atomic E-state index is 0.196. The van der Waals surface area contributed by atoms with Gasteiger partial charge in [-0.1, -0.05) is 36.4 Å². The second-order valence-corrected chi connectivity index (χ2v) is 7.47. The van der Waals surface area contributed by atoms with E-state index in [1.54, 1.807) is 48.7 Å². The number of hydrogen-bond donors (Lipinski definition) is 1. The summed E-state index contributed by atoms with van der Waals surface area (Å²) in [7, 11) is -3.73. The minimum Gasteiger partial charge on any atom is -0.437 e. The minimum atomic E-state index is -3.73. The van der Waals surface area contributed by atoms with E-state index >= 15 is 0 Å². The molecule has 0 saturated carbocycles. The Labute approximate surface area is 156 Å². The smallest absolute Gasteiger partial charge is 0.261 e. The lowest BCUT2D eigenvalue weighted by atomic mass is 10.1. The van der Waals surface area contributed by atoms with Gasteiger partial charge in [-0.25, -0.2) is 13.4 Å². The molecule has 3 aromatic carbocycles. The van der Waals surface area contributed by atoms with Gasteiger partial charge in [-0.3, -0.25) is 9.71 Å². The quantitative estimate of drug-likeness (QED) is 0.563. The van der Waals surface area contributed by atoms with Gasteiger partial charge in [-0.05, 0) is 35.0 Å². The summed E-state index contributed by atoms with van der Waals surface area (Å²) in [6.45, 7) is 0. The zero-order chi connectivity index (χ0) is 18.7. The Morgan fingerprint density at radius 3 is 2.52 bits per heavy atom. The molecule has 0 amide bonds. The highest BCUT2D eigenvalue weighted by Gasteiger charge is 2.15. The lowest BCUT2D eigenvalue weighted by molar-refractivity contribution is 0.460. The third-order valence-electron chi connectivity index (χ3n) is 3.88. The Kier molecular flexibility index (Phi) is 4.43. The molecule has 4 aromatic rings. The lowest BCUT2D eigenvalue weighted by Gasteiger charge is -2.10. The van der Waals surface area contributed by atoms with Gasteiger partial charge in [0.15, 0.2) is 0 Å². The molecular formula is C20H15N3O3S. The molecule has 7 heteroatoms. The lowest BCUT2D eigenvalue weighted by Crippen LogP contribution is -2.12. The number of benzene rings is 3. The average molecular weight is 377 g/mol. The number of sulfonamides is 1. The van der Waals surface area contributed by atoms with Crippen LogP contribution in [0.4, 0.5) is 5.69 Å². The van der Waals surface area contributed by atoms with Gasteiger partial charge in [-0.2, -0.15) is 0 Å². The summed E-state index contributed by atoms with van der Waals surface area (Å²) in [5.41, 5.74) is 0.393. The van der Waals surface area contributed by atoms with E-state index in [0.717, 1.165) is 10.8 Å². The standard InChI is InChI=1S/C20H15N3O3S/c24-27(25,19-9-8-15-4-1-2-5-16(15)12-19)23-17-6-3-7-18(13-17)26-20-14-21-10-11-22-20/h1-14,23H. The molecule has 134 valence electrons. The number of nitrogens with zero attached hydrogens (tertiary/aromatic N) is 2. The van der Waals surface area contributed by atoms with Gasteiger partial charge >= 0.3 is 0 Å². The van der Waals surface area contributed by atoms with Gasteiger partial charge in [0.05, 0.1) is 16.8 Å². The first-order valence-corrected chi connectivity index (χ1v) is 9.64. The Bertz CT molecular complexity index is 1200. The van der Waals surface area contributed by atoms with E-state index in [1.807, 2.05) is 24.3 Å². The largest absolute Gasteiger partial charge is 0.437 e. The normalized spacial score (nSPS) is 11.3. The van der Waals surface area contributed by atoms with E-state index < -0.39 is 10.0 Å². The Hall–Kier alpha value is -3.45. The fraction of sp³-hybridized carbons (Fsp3) is 0. The summed E-state index contributed by atoms with van der Waals surface area (Å²) in [5, 5.41) is 1.84. The molecule has 0 bridgehead atoms. The van der Waals surface area contributed by atoms with Crippen LogP contribution in [0.3, 0.4) is 0 Å². The van der Waals surface area contributed by atoms with Crippen molar-refractivity contribution in [2.45, 2.75) is 4.90 Å². The van der Waals surface area contributed by atoms with Crippen molar-refractivity contribution in [3.05, 3.63) is 85.3 Å². The van der Waals surface area contributed by atoms with Gasteiger partial charge in [0.25, 0.3) is 10.0 Å². The molecule has 0 atom stereocenters. The topological polar surface area (TPSA) is 81.2 Å². The first-order chi connectivity index (χ1) is 13.1. The second-order valence-electron chi connectivity index (χ2n) is 5.79. The molecule has 0 fully saturated rings. The maximum Gasteiger partial charge on any atom is 0.261 e. The predicted octanol–water partition coefficient (Wildman–Crippen LogP) is 4.22. The number of rotatable bonds is 5. The molecule has 1 N–H and O–H groups in total. The molecule has 0 aliphatic rings. The van der Waals surface area contributed by atoms with Crippen LogP contribution in [0.5, 0.6) is 11.6 Å². The van der Waals surface area contributed by atoms with Gasteiger partial charge in [0, 0.05) is 18.5 Å². The van der Waals surface area contributed by atoms with Crippen molar-refractivity contribution in [2.24, 2.45) is 0 Å². The number of nitrogens with one attached hydrogen (secondary N) is 1. The molecular weight excluding hydrogens is 362 g/mol. The zero-order valence-corrected chi connectivity index (χ0v) is 14.9. The SMILES string of the molecule is O=S(=O)(Nc1cccc(Oc2cnccn2)c1)c1ccc2ccccc2c1. The Morgan fingerprint density at radius 1 is 0.852 bits per heavy atom. The van der Waals surface area contributed by atoms with E-state index in [2.05, 4.69) is 14.7 Å². The Morgan fingerprint density at radius 2 is 1.70 bits per heavy atom. The van der Waals surface area contributed by atoms with Crippen LogP contribution in [0.15, 0.2) is 90.2 Å². The van der Waals surface area contributed by atoms with Crippen molar-refractivity contribution in [1.82, 2.24) is 9.97 Å². The highest BCUT2D eigenvalue weighted by Crippen LogP contribution is 2.25. The first-order valence-electron chi connectivity index (χ1n) is 8.16. The maximum atomic E-state index is 12.7. The molecule has 4 rings (SSSR count). The highest BCUT2D eigenvalue weighted by molar-refractivity contribution is 7.92. The van der Waals surface area contributed by atoms with Gasteiger partial charge < -0.3 is 4.74 Å². The van der Waals surface area contributed by atoms with Crippen molar-refractivity contribution in [2.75, 3.05) is 4.72 Å². The molecule has 0 unspecified atom stereocenters. The van der Waals surface area contributed by atoms with E-state index in [1.165, 1.54) is 12.4 Å². The first kappa shape index (κ1) is 17.0. The van der Waals surface area contributed by atoms with Gasteiger partial charge in [-0.15, -0.1) is 0 Å². The molecule has 1 aromatic heterocycles. The van der Waals surface area contributed by atoms with Crippen LogP contribution in [0.2, 0.25) is 0 Å². The van der Waals surface area contributed by atoms with Crippen molar-refractivity contribution < 1.29 is 13.2 Å². The number of hydrogen-bond acceptors (Lipinski definition) is 5. The van der Waals surface area contributed by atoms with Crippen molar-refractivity contribution in [1.29, 1.82) is 0 Å². The van der Waals surface area contributed by atoms with Crippen LogP contribution in [0, 0.1) is 0 Å². The number of anilines is 1. The highest BCUT2D eigenvalue weighted by atomic mass is 32.2. The Balaban J connectivity index is 1.59. The zero-order valence-electron chi connectivity index (χ0n) is 14.1. The molecule has 6 nitrogen and oxygen atoms in total.